The average Bonchev–Trinajstić information content (AvgIpc) is 3.37. The first-order valence-electron chi connectivity index (χ1n) is 11.3. The van der Waals surface area contributed by atoms with E-state index in [1.807, 2.05) is 0 Å². The molecule has 0 spiro atoms. The van der Waals surface area contributed by atoms with E-state index in [2.05, 4.69) is 62.6 Å². The predicted molar refractivity (Wildman–Crippen MR) is 117 cm³/mol. The largest absolute Gasteiger partial charge is 0.369 e. The maximum absolute atomic E-state index is 2.70. The second-order valence-corrected chi connectivity index (χ2v) is 11.4. The van der Waals surface area contributed by atoms with Gasteiger partial charge in [-0.15, -0.1) is 0 Å². The molecule has 1 saturated heterocycles. The van der Waals surface area contributed by atoms with Gasteiger partial charge in [0.2, 0.25) is 0 Å². The van der Waals surface area contributed by atoms with Gasteiger partial charge in [-0.25, -0.2) is 0 Å². The molecule has 1 heterocycles. The number of nitrogens with zero attached hydrogens (tertiary/aromatic N) is 2. The number of rotatable bonds is 4. The van der Waals surface area contributed by atoms with Crippen molar-refractivity contribution in [1.29, 1.82) is 0 Å². The molecule has 1 aliphatic heterocycles. The lowest BCUT2D eigenvalue weighted by Gasteiger charge is -2.46. The van der Waals surface area contributed by atoms with Gasteiger partial charge in [0.25, 0.3) is 0 Å². The normalized spacial score (nSPS) is 26.3. The summed E-state index contributed by atoms with van der Waals surface area (Å²) in [4.78, 5) is 5.39. The number of aryl methyl sites for hydroxylation is 1. The Morgan fingerprint density at radius 1 is 0.926 bits per heavy atom. The number of anilines is 1. The van der Waals surface area contributed by atoms with Gasteiger partial charge in [-0.3, -0.25) is 4.90 Å². The van der Waals surface area contributed by atoms with Crippen molar-refractivity contribution < 1.29 is 0 Å². The quantitative estimate of drug-likeness (QED) is 0.658. The van der Waals surface area contributed by atoms with E-state index in [1.165, 1.54) is 76.1 Å². The highest BCUT2D eigenvalue weighted by atomic mass is 15.3. The molecule has 0 unspecified atom stereocenters. The summed E-state index contributed by atoms with van der Waals surface area (Å²) in [5.74, 6) is 1.71. The molecule has 3 fully saturated rings. The van der Waals surface area contributed by atoms with Gasteiger partial charge < -0.3 is 4.90 Å². The van der Waals surface area contributed by atoms with Gasteiger partial charge in [-0.1, -0.05) is 45.4 Å². The minimum Gasteiger partial charge on any atom is -0.369 e. The highest BCUT2D eigenvalue weighted by Crippen LogP contribution is 2.53. The van der Waals surface area contributed by atoms with E-state index in [0.717, 1.165) is 5.92 Å². The molecular formula is C25H40N2. The minimum absolute atomic E-state index is 0.441. The number of hydrogen-bond acceptors (Lipinski definition) is 2. The molecule has 2 heteroatoms. The SMILES string of the molecule is Cc1ccc(N2CCN(CC3CC3)CC2)c(C2CC(C)(C)CC(C)(C)C2)c1. The number of piperazine rings is 1. The van der Waals surface area contributed by atoms with Crippen LogP contribution in [-0.2, 0) is 0 Å². The Morgan fingerprint density at radius 2 is 1.56 bits per heavy atom. The van der Waals surface area contributed by atoms with Crippen molar-refractivity contribution in [3.05, 3.63) is 29.3 Å². The van der Waals surface area contributed by atoms with Crippen molar-refractivity contribution in [1.82, 2.24) is 4.90 Å². The maximum Gasteiger partial charge on any atom is 0.0402 e. The summed E-state index contributed by atoms with van der Waals surface area (Å²) in [6, 6.07) is 7.26. The van der Waals surface area contributed by atoms with Gasteiger partial charge in [0.05, 0.1) is 0 Å². The third kappa shape index (κ3) is 4.70. The second-order valence-electron chi connectivity index (χ2n) is 11.4. The monoisotopic (exact) mass is 368 g/mol. The van der Waals surface area contributed by atoms with Gasteiger partial charge in [-0.2, -0.15) is 0 Å². The van der Waals surface area contributed by atoms with Gasteiger partial charge in [-0.05, 0) is 73.3 Å². The predicted octanol–water partition coefficient (Wildman–Crippen LogP) is 5.85. The third-order valence-electron chi connectivity index (χ3n) is 7.10. The van der Waals surface area contributed by atoms with E-state index in [9.17, 15) is 0 Å². The second kappa shape index (κ2) is 7.10. The summed E-state index contributed by atoms with van der Waals surface area (Å²) >= 11 is 0. The Morgan fingerprint density at radius 3 is 2.15 bits per heavy atom. The van der Waals surface area contributed by atoms with Crippen LogP contribution in [-0.4, -0.2) is 37.6 Å². The highest BCUT2D eigenvalue weighted by Gasteiger charge is 2.40. The van der Waals surface area contributed by atoms with Gasteiger partial charge in [0.15, 0.2) is 0 Å². The van der Waals surface area contributed by atoms with Crippen LogP contribution in [0.1, 0.15) is 76.8 Å². The van der Waals surface area contributed by atoms with E-state index in [4.69, 9.17) is 0 Å². The fraction of sp³-hybridized carbons (Fsp3) is 0.760. The summed E-state index contributed by atoms with van der Waals surface area (Å²) in [7, 11) is 0. The fourth-order valence-corrected chi connectivity index (χ4v) is 6.19. The van der Waals surface area contributed by atoms with E-state index in [0.29, 0.717) is 16.7 Å². The first kappa shape index (κ1) is 19.3. The van der Waals surface area contributed by atoms with Crippen molar-refractivity contribution >= 4 is 5.69 Å². The molecule has 0 atom stereocenters. The zero-order chi connectivity index (χ0) is 19.2. The molecular weight excluding hydrogens is 328 g/mol. The van der Waals surface area contributed by atoms with Crippen molar-refractivity contribution in [3.63, 3.8) is 0 Å². The van der Waals surface area contributed by atoms with E-state index in [1.54, 1.807) is 5.56 Å². The van der Waals surface area contributed by atoms with Crippen molar-refractivity contribution in [3.8, 4) is 0 Å². The minimum atomic E-state index is 0.441. The van der Waals surface area contributed by atoms with Crippen molar-refractivity contribution in [2.75, 3.05) is 37.6 Å². The topological polar surface area (TPSA) is 6.48 Å². The van der Waals surface area contributed by atoms with Crippen LogP contribution < -0.4 is 4.90 Å². The highest BCUT2D eigenvalue weighted by molar-refractivity contribution is 5.57. The molecule has 0 amide bonds. The van der Waals surface area contributed by atoms with Gasteiger partial charge >= 0.3 is 0 Å². The molecule has 0 aromatic heterocycles. The lowest BCUT2D eigenvalue weighted by Crippen LogP contribution is -2.47. The summed E-state index contributed by atoms with van der Waals surface area (Å²) in [5, 5.41) is 0. The zero-order valence-corrected chi connectivity index (χ0v) is 18.4. The van der Waals surface area contributed by atoms with Crippen LogP contribution in [0.3, 0.4) is 0 Å². The lowest BCUT2D eigenvalue weighted by atomic mass is 9.60. The van der Waals surface area contributed by atoms with E-state index in [-0.39, 0.29) is 0 Å². The summed E-state index contributed by atoms with van der Waals surface area (Å²) in [5.41, 5.74) is 5.46. The molecule has 4 rings (SSSR count). The van der Waals surface area contributed by atoms with Crippen LogP contribution >= 0.6 is 0 Å². The first-order valence-corrected chi connectivity index (χ1v) is 11.3. The van der Waals surface area contributed by atoms with Crippen LogP contribution in [0.2, 0.25) is 0 Å². The average molecular weight is 369 g/mol. The molecule has 2 nitrogen and oxygen atoms in total. The lowest BCUT2D eigenvalue weighted by molar-refractivity contribution is 0.0969. The van der Waals surface area contributed by atoms with E-state index < -0.39 is 0 Å². The standard InChI is InChI=1S/C25H40N2/c1-19-6-9-23(27-12-10-26(11-13-27)17-20-7-8-20)22(14-19)21-15-24(2,3)18-25(4,5)16-21/h6,9,14,20-21H,7-8,10-13,15-18H2,1-5H3. The van der Waals surface area contributed by atoms with Crippen LogP contribution in [0.5, 0.6) is 0 Å². The Labute approximate surface area is 167 Å². The van der Waals surface area contributed by atoms with Crippen molar-refractivity contribution in [2.45, 2.75) is 72.6 Å². The van der Waals surface area contributed by atoms with Crippen LogP contribution in [0.15, 0.2) is 18.2 Å². The summed E-state index contributed by atoms with van der Waals surface area (Å²) < 4.78 is 0. The van der Waals surface area contributed by atoms with Crippen LogP contribution in [0.4, 0.5) is 5.69 Å². The zero-order valence-electron chi connectivity index (χ0n) is 18.4. The maximum atomic E-state index is 2.70. The number of benzene rings is 1. The molecule has 150 valence electrons. The Bertz CT molecular complexity index is 647. The molecule has 3 aliphatic rings. The van der Waals surface area contributed by atoms with Crippen LogP contribution in [0, 0.1) is 23.7 Å². The summed E-state index contributed by atoms with van der Waals surface area (Å²) in [6.45, 7) is 18.4. The van der Waals surface area contributed by atoms with Crippen LogP contribution in [0.25, 0.3) is 0 Å². The smallest absolute Gasteiger partial charge is 0.0402 e. The van der Waals surface area contributed by atoms with E-state index >= 15 is 0 Å². The Kier molecular flexibility index (Phi) is 5.08. The summed E-state index contributed by atoms with van der Waals surface area (Å²) in [6.07, 6.45) is 6.94. The first-order chi connectivity index (χ1) is 12.7. The van der Waals surface area contributed by atoms with Gasteiger partial charge in [0, 0.05) is 38.4 Å². The molecule has 1 aromatic rings. The Balaban J connectivity index is 1.54. The Hall–Kier alpha value is -1.02. The molecule has 2 aliphatic carbocycles. The molecule has 1 aromatic carbocycles. The fourth-order valence-electron chi connectivity index (χ4n) is 6.19. The molecule has 2 saturated carbocycles. The number of hydrogen-bond donors (Lipinski definition) is 0. The van der Waals surface area contributed by atoms with Gasteiger partial charge in [0.1, 0.15) is 0 Å². The molecule has 27 heavy (non-hydrogen) atoms. The molecule has 0 N–H and O–H groups in total. The third-order valence-corrected chi connectivity index (χ3v) is 7.10. The molecule has 0 radical (unpaired) electrons. The molecule has 0 bridgehead atoms. The van der Waals surface area contributed by atoms with Crippen molar-refractivity contribution in [2.24, 2.45) is 16.7 Å².